The fourth-order valence-corrected chi connectivity index (χ4v) is 1.72. The summed E-state index contributed by atoms with van der Waals surface area (Å²) in [5.41, 5.74) is 6.44. The van der Waals surface area contributed by atoms with E-state index in [1.165, 1.54) is 18.5 Å². The molecule has 0 aliphatic carbocycles. The summed E-state index contributed by atoms with van der Waals surface area (Å²) < 4.78 is 13.8. The van der Waals surface area contributed by atoms with Crippen molar-refractivity contribution in [2.75, 3.05) is 5.32 Å². The minimum atomic E-state index is -0.374. The second-order valence-electron chi connectivity index (χ2n) is 3.37. The van der Waals surface area contributed by atoms with E-state index in [0.29, 0.717) is 21.7 Å². The maximum Gasteiger partial charge on any atom is 0.159 e. The van der Waals surface area contributed by atoms with Crippen LogP contribution in [0.3, 0.4) is 0 Å². The van der Waals surface area contributed by atoms with Gasteiger partial charge in [-0.05, 0) is 34.1 Å². The van der Waals surface area contributed by atoms with Crippen LogP contribution in [-0.2, 0) is 0 Å². The van der Waals surface area contributed by atoms with Crippen LogP contribution >= 0.6 is 28.1 Å². The molecule has 18 heavy (non-hydrogen) atoms. The van der Waals surface area contributed by atoms with Gasteiger partial charge in [0.1, 0.15) is 16.5 Å². The molecule has 7 heteroatoms. The Morgan fingerprint density at radius 3 is 2.72 bits per heavy atom. The summed E-state index contributed by atoms with van der Waals surface area (Å²) in [7, 11) is 0. The van der Waals surface area contributed by atoms with Gasteiger partial charge in [0.25, 0.3) is 0 Å². The summed E-state index contributed by atoms with van der Waals surface area (Å²) in [5, 5.41) is 2.92. The zero-order valence-corrected chi connectivity index (χ0v) is 11.4. The number of hydrogen-bond donors (Lipinski definition) is 2. The van der Waals surface area contributed by atoms with Crippen LogP contribution < -0.4 is 11.1 Å². The molecule has 0 saturated heterocycles. The number of nitrogens with two attached hydrogens (primary N) is 1. The molecule has 92 valence electrons. The third-order valence-corrected chi connectivity index (χ3v) is 2.95. The summed E-state index contributed by atoms with van der Waals surface area (Å²) in [5.74, 6) is 0.0208. The number of nitrogens with zero attached hydrogens (tertiary/aromatic N) is 2. The molecule has 1 heterocycles. The first-order valence-electron chi connectivity index (χ1n) is 4.91. The van der Waals surface area contributed by atoms with Crippen LogP contribution in [0.1, 0.15) is 5.69 Å². The number of rotatable bonds is 3. The van der Waals surface area contributed by atoms with Gasteiger partial charge in [-0.1, -0.05) is 12.2 Å². The van der Waals surface area contributed by atoms with Crippen molar-refractivity contribution in [3.63, 3.8) is 0 Å². The zero-order chi connectivity index (χ0) is 13.1. The number of aromatic nitrogens is 2. The van der Waals surface area contributed by atoms with Crippen molar-refractivity contribution in [1.29, 1.82) is 0 Å². The standard InChI is InChI=1S/C11H8BrFN4S/c12-7-2-1-6(5-8(7)13)17-11-9(10(14)18)15-3-4-16-11/h1-5H,(H2,14,18)(H,16,17). The Morgan fingerprint density at radius 2 is 2.06 bits per heavy atom. The van der Waals surface area contributed by atoms with Gasteiger partial charge in [0.15, 0.2) is 5.82 Å². The lowest BCUT2D eigenvalue weighted by Crippen LogP contribution is -2.14. The third kappa shape index (κ3) is 2.80. The number of halogens is 2. The Labute approximate surface area is 117 Å². The van der Waals surface area contributed by atoms with Crippen molar-refractivity contribution in [2.45, 2.75) is 0 Å². The summed E-state index contributed by atoms with van der Waals surface area (Å²) in [6, 6.07) is 4.63. The molecule has 2 aromatic rings. The molecule has 0 atom stereocenters. The molecular formula is C11H8BrFN4S. The molecule has 2 rings (SSSR count). The monoisotopic (exact) mass is 326 g/mol. The first kappa shape index (κ1) is 12.8. The molecule has 0 saturated carbocycles. The van der Waals surface area contributed by atoms with Gasteiger partial charge in [-0.25, -0.2) is 14.4 Å². The minimum absolute atomic E-state index is 0.128. The summed E-state index contributed by atoms with van der Waals surface area (Å²) in [4.78, 5) is 8.22. The molecule has 0 spiro atoms. The number of anilines is 2. The van der Waals surface area contributed by atoms with Gasteiger partial charge in [0.2, 0.25) is 0 Å². The van der Waals surface area contributed by atoms with Gasteiger partial charge in [-0.2, -0.15) is 0 Å². The first-order chi connectivity index (χ1) is 8.58. The molecule has 1 aromatic carbocycles. The van der Waals surface area contributed by atoms with E-state index in [0.717, 1.165) is 0 Å². The van der Waals surface area contributed by atoms with Crippen molar-refractivity contribution in [3.05, 3.63) is 46.6 Å². The number of thiocarbonyl (C=S) groups is 1. The topological polar surface area (TPSA) is 63.8 Å². The highest BCUT2D eigenvalue weighted by Gasteiger charge is 2.08. The van der Waals surface area contributed by atoms with Crippen LogP contribution in [-0.4, -0.2) is 15.0 Å². The Morgan fingerprint density at radius 1 is 1.33 bits per heavy atom. The summed E-state index contributed by atoms with van der Waals surface area (Å²) in [6.45, 7) is 0. The molecule has 0 aliphatic heterocycles. The fourth-order valence-electron chi connectivity index (χ4n) is 1.32. The van der Waals surface area contributed by atoms with Gasteiger partial charge in [0.05, 0.1) is 4.47 Å². The molecule has 0 bridgehead atoms. The van der Waals surface area contributed by atoms with Gasteiger partial charge >= 0.3 is 0 Å². The van der Waals surface area contributed by atoms with E-state index in [4.69, 9.17) is 18.0 Å². The molecule has 0 aliphatic rings. The highest BCUT2D eigenvalue weighted by Crippen LogP contribution is 2.22. The molecule has 0 radical (unpaired) electrons. The predicted octanol–water partition coefficient (Wildman–Crippen LogP) is 2.76. The highest BCUT2D eigenvalue weighted by atomic mass is 79.9. The zero-order valence-electron chi connectivity index (χ0n) is 9.02. The van der Waals surface area contributed by atoms with E-state index in [1.54, 1.807) is 12.1 Å². The normalized spacial score (nSPS) is 10.1. The lowest BCUT2D eigenvalue weighted by molar-refractivity contribution is 0.622. The van der Waals surface area contributed by atoms with Crippen LogP contribution in [0.15, 0.2) is 35.1 Å². The Bertz CT molecular complexity index is 605. The maximum atomic E-state index is 13.4. The van der Waals surface area contributed by atoms with Gasteiger partial charge in [-0.3, -0.25) is 0 Å². The Hall–Kier alpha value is -1.60. The molecule has 0 amide bonds. The number of hydrogen-bond acceptors (Lipinski definition) is 4. The minimum Gasteiger partial charge on any atom is -0.388 e. The maximum absolute atomic E-state index is 13.4. The van der Waals surface area contributed by atoms with Gasteiger partial charge in [-0.15, -0.1) is 0 Å². The van der Waals surface area contributed by atoms with Crippen LogP contribution in [0.4, 0.5) is 15.9 Å². The van der Waals surface area contributed by atoms with Crippen molar-refractivity contribution >= 4 is 44.6 Å². The molecular weight excluding hydrogens is 319 g/mol. The average molecular weight is 327 g/mol. The van der Waals surface area contributed by atoms with Crippen LogP contribution in [0.5, 0.6) is 0 Å². The third-order valence-electron chi connectivity index (χ3n) is 2.11. The highest BCUT2D eigenvalue weighted by molar-refractivity contribution is 9.10. The van der Waals surface area contributed by atoms with E-state index in [1.807, 2.05) is 0 Å². The molecule has 4 nitrogen and oxygen atoms in total. The summed E-state index contributed by atoms with van der Waals surface area (Å²) in [6.07, 6.45) is 2.99. The van der Waals surface area contributed by atoms with E-state index in [9.17, 15) is 4.39 Å². The first-order valence-corrected chi connectivity index (χ1v) is 6.11. The second kappa shape index (κ2) is 5.36. The van der Waals surface area contributed by atoms with Crippen molar-refractivity contribution in [3.8, 4) is 0 Å². The van der Waals surface area contributed by atoms with Gasteiger partial charge in [0, 0.05) is 18.1 Å². The van der Waals surface area contributed by atoms with Crippen LogP contribution in [0.2, 0.25) is 0 Å². The van der Waals surface area contributed by atoms with Crippen molar-refractivity contribution < 1.29 is 4.39 Å². The largest absolute Gasteiger partial charge is 0.388 e. The second-order valence-corrected chi connectivity index (χ2v) is 4.67. The van der Waals surface area contributed by atoms with Crippen LogP contribution in [0, 0.1) is 5.82 Å². The molecule has 0 fully saturated rings. The predicted molar refractivity (Wildman–Crippen MR) is 75.3 cm³/mol. The Kier molecular flexibility index (Phi) is 3.83. The SMILES string of the molecule is NC(=S)c1nccnc1Nc1ccc(Br)c(F)c1. The quantitative estimate of drug-likeness (QED) is 0.849. The lowest BCUT2D eigenvalue weighted by Gasteiger charge is -2.09. The number of benzene rings is 1. The fraction of sp³-hybridized carbons (Fsp3) is 0. The smallest absolute Gasteiger partial charge is 0.159 e. The van der Waals surface area contributed by atoms with Gasteiger partial charge < -0.3 is 11.1 Å². The van der Waals surface area contributed by atoms with E-state index < -0.39 is 0 Å². The lowest BCUT2D eigenvalue weighted by atomic mass is 10.3. The van der Waals surface area contributed by atoms with E-state index >= 15 is 0 Å². The molecule has 0 unspecified atom stereocenters. The van der Waals surface area contributed by atoms with E-state index in [-0.39, 0.29) is 10.8 Å². The van der Waals surface area contributed by atoms with Crippen molar-refractivity contribution in [2.24, 2.45) is 5.73 Å². The average Bonchev–Trinajstić information content (AvgIpc) is 2.34. The van der Waals surface area contributed by atoms with Crippen LogP contribution in [0.25, 0.3) is 0 Å². The summed E-state index contributed by atoms with van der Waals surface area (Å²) >= 11 is 7.95. The molecule has 3 N–H and O–H groups in total. The number of nitrogens with one attached hydrogen (secondary N) is 1. The van der Waals surface area contributed by atoms with Crippen molar-refractivity contribution in [1.82, 2.24) is 9.97 Å². The molecule has 1 aromatic heterocycles. The Balaban J connectivity index is 2.34. The van der Waals surface area contributed by atoms with E-state index in [2.05, 4.69) is 31.2 Å².